The third-order valence-corrected chi connectivity index (χ3v) is 12.0. The van der Waals surface area contributed by atoms with Gasteiger partial charge in [-0.15, -0.1) is 0 Å². The van der Waals surface area contributed by atoms with E-state index in [2.05, 4.69) is 212 Å². The van der Waals surface area contributed by atoms with Gasteiger partial charge in [-0.05, 0) is 60.7 Å². The SMILES string of the molecule is c1ccc(-n2c3ccccc3c3c4c5ccccc5n(-c5nc(-n6c7ccccc7c7ccccc76)cc(-n6c7ccccc7c7ccccc76)n5)c4ccc32)cc1. The van der Waals surface area contributed by atoms with Crippen molar-refractivity contribution in [2.24, 2.45) is 0 Å². The Hall–Kier alpha value is -7.96. The Morgan fingerprint density at radius 2 is 0.586 bits per heavy atom. The van der Waals surface area contributed by atoms with E-state index in [1.165, 1.54) is 43.2 Å². The molecule has 0 bridgehead atoms. The van der Waals surface area contributed by atoms with Crippen molar-refractivity contribution in [1.29, 1.82) is 0 Å². The minimum absolute atomic E-state index is 0.605. The van der Waals surface area contributed by atoms with Crippen LogP contribution < -0.4 is 0 Å². The maximum absolute atomic E-state index is 5.58. The van der Waals surface area contributed by atoms with Crippen LogP contribution in [0, 0.1) is 0 Å². The summed E-state index contributed by atoms with van der Waals surface area (Å²) in [4.78, 5) is 11.2. The van der Waals surface area contributed by atoms with Gasteiger partial charge in [-0.3, -0.25) is 13.7 Å². The summed E-state index contributed by atoms with van der Waals surface area (Å²) in [5.74, 6) is 2.20. The zero-order valence-electron chi connectivity index (χ0n) is 31.2. The molecule has 0 amide bonds. The third-order valence-electron chi connectivity index (χ3n) is 12.0. The maximum Gasteiger partial charge on any atom is 0.238 e. The van der Waals surface area contributed by atoms with Crippen molar-refractivity contribution in [1.82, 2.24) is 28.2 Å². The van der Waals surface area contributed by atoms with Crippen LogP contribution in [0.1, 0.15) is 0 Å². The van der Waals surface area contributed by atoms with Crippen molar-refractivity contribution in [3.05, 3.63) is 194 Å². The number of hydrogen-bond donors (Lipinski definition) is 0. The highest BCUT2D eigenvalue weighted by Gasteiger charge is 2.24. The zero-order valence-corrected chi connectivity index (χ0v) is 31.2. The monoisotopic (exact) mass is 740 g/mol. The molecule has 5 heterocycles. The normalized spacial score (nSPS) is 12.1. The van der Waals surface area contributed by atoms with Gasteiger partial charge in [0.1, 0.15) is 11.6 Å². The van der Waals surface area contributed by atoms with E-state index >= 15 is 0 Å². The van der Waals surface area contributed by atoms with Gasteiger partial charge in [-0.25, -0.2) is 0 Å². The predicted octanol–water partition coefficient (Wildman–Crippen LogP) is 12.9. The van der Waals surface area contributed by atoms with Crippen molar-refractivity contribution in [2.75, 3.05) is 0 Å². The van der Waals surface area contributed by atoms with Gasteiger partial charge in [0.15, 0.2) is 0 Å². The van der Waals surface area contributed by atoms with Crippen LogP contribution in [0.4, 0.5) is 0 Å². The Morgan fingerprint density at radius 3 is 1.02 bits per heavy atom. The lowest BCUT2D eigenvalue weighted by molar-refractivity contribution is 0.918. The average Bonchev–Trinajstić information content (AvgIpc) is 4.01. The molecule has 5 aromatic heterocycles. The van der Waals surface area contributed by atoms with Crippen LogP contribution >= 0.6 is 0 Å². The fourth-order valence-electron chi connectivity index (χ4n) is 9.67. The van der Waals surface area contributed by atoms with Gasteiger partial charge in [0.25, 0.3) is 0 Å². The van der Waals surface area contributed by atoms with Crippen molar-refractivity contribution >= 4 is 87.2 Å². The van der Waals surface area contributed by atoms with Gasteiger partial charge in [-0.1, -0.05) is 127 Å². The summed E-state index contributed by atoms with van der Waals surface area (Å²) in [7, 11) is 0. The first-order chi connectivity index (χ1) is 28.8. The first-order valence-electron chi connectivity index (χ1n) is 19.7. The highest BCUT2D eigenvalue weighted by Crippen LogP contribution is 2.43. The van der Waals surface area contributed by atoms with Crippen LogP contribution in [0.5, 0.6) is 0 Å². The highest BCUT2D eigenvalue weighted by molar-refractivity contribution is 6.29. The Balaban J connectivity index is 1.19. The second kappa shape index (κ2) is 11.8. The Labute approximate surface area is 331 Å². The Morgan fingerprint density at radius 1 is 0.259 bits per heavy atom. The number of benzene rings is 8. The van der Waals surface area contributed by atoms with Gasteiger partial charge in [0.2, 0.25) is 5.95 Å². The minimum Gasteiger partial charge on any atom is -0.309 e. The molecule has 270 valence electrons. The number of rotatable bonds is 4. The molecule has 6 nitrogen and oxygen atoms in total. The van der Waals surface area contributed by atoms with E-state index in [1.807, 2.05) is 0 Å². The lowest BCUT2D eigenvalue weighted by Gasteiger charge is -2.15. The zero-order chi connectivity index (χ0) is 37.9. The number of aromatic nitrogens is 6. The molecule has 13 aromatic rings. The van der Waals surface area contributed by atoms with Gasteiger partial charge in [0.05, 0.1) is 44.1 Å². The first kappa shape index (κ1) is 31.3. The van der Waals surface area contributed by atoms with Gasteiger partial charge in [0, 0.05) is 54.8 Å². The topological polar surface area (TPSA) is 45.5 Å². The molecule has 0 unspecified atom stereocenters. The molecule has 0 atom stereocenters. The smallest absolute Gasteiger partial charge is 0.238 e. The van der Waals surface area contributed by atoms with Crippen LogP contribution in [-0.2, 0) is 0 Å². The Bertz CT molecular complexity index is 3570. The van der Waals surface area contributed by atoms with Gasteiger partial charge >= 0.3 is 0 Å². The quantitative estimate of drug-likeness (QED) is 0.180. The largest absolute Gasteiger partial charge is 0.309 e. The standard InChI is InChI=1S/C52H32N6/c1-2-16-33(17-3-1)55-44-28-14-8-22-38(44)50-46(55)30-31-47-51(50)39-23-9-15-29-45(39)58(47)52-53-48(56-40-24-10-4-18-34(40)35-19-5-11-25-41(35)56)32-49(54-52)57-42-26-12-6-20-36(42)37-21-7-13-27-43(37)57/h1-32H. The minimum atomic E-state index is 0.605. The summed E-state index contributed by atoms with van der Waals surface area (Å²) in [5, 5.41) is 9.51. The molecule has 0 spiro atoms. The molecule has 0 N–H and O–H groups in total. The van der Waals surface area contributed by atoms with E-state index in [0.29, 0.717) is 5.95 Å². The van der Waals surface area contributed by atoms with Crippen LogP contribution in [0.2, 0.25) is 0 Å². The van der Waals surface area contributed by atoms with Crippen molar-refractivity contribution < 1.29 is 0 Å². The van der Waals surface area contributed by atoms with E-state index in [0.717, 1.165) is 61.3 Å². The first-order valence-corrected chi connectivity index (χ1v) is 19.7. The van der Waals surface area contributed by atoms with E-state index in [9.17, 15) is 0 Å². The average molecular weight is 741 g/mol. The lowest BCUT2D eigenvalue weighted by Crippen LogP contribution is -2.10. The number of hydrogen-bond acceptors (Lipinski definition) is 2. The second-order valence-electron chi connectivity index (χ2n) is 15.0. The van der Waals surface area contributed by atoms with Crippen LogP contribution in [-0.4, -0.2) is 28.2 Å². The fourth-order valence-corrected chi connectivity index (χ4v) is 9.67. The Kier molecular flexibility index (Phi) is 6.35. The molecule has 0 aliphatic heterocycles. The predicted molar refractivity (Wildman–Crippen MR) is 239 cm³/mol. The van der Waals surface area contributed by atoms with E-state index in [-0.39, 0.29) is 0 Å². The van der Waals surface area contributed by atoms with Crippen LogP contribution in [0.25, 0.3) is 110 Å². The number of fused-ring (bicyclic) bond motifs is 13. The molecule has 0 fully saturated rings. The van der Waals surface area contributed by atoms with Crippen molar-refractivity contribution in [3.8, 4) is 23.3 Å². The summed E-state index contributed by atoms with van der Waals surface area (Å²) in [6, 6.07) is 69.3. The molecule has 0 saturated heterocycles. The summed E-state index contributed by atoms with van der Waals surface area (Å²) in [6.45, 7) is 0. The van der Waals surface area contributed by atoms with Crippen LogP contribution in [0.15, 0.2) is 194 Å². The van der Waals surface area contributed by atoms with E-state index in [1.54, 1.807) is 0 Å². The summed E-state index contributed by atoms with van der Waals surface area (Å²) >= 11 is 0. The van der Waals surface area contributed by atoms with Crippen molar-refractivity contribution in [2.45, 2.75) is 0 Å². The molecule has 13 rings (SSSR count). The molecular formula is C52H32N6. The molecular weight excluding hydrogens is 709 g/mol. The molecule has 0 saturated carbocycles. The van der Waals surface area contributed by atoms with Gasteiger partial charge in [-0.2, -0.15) is 9.97 Å². The maximum atomic E-state index is 5.58. The molecule has 0 radical (unpaired) electrons. The lowest BCUT2D eigenvalue weighted by atomic mass is 10.1. The fraction of sp³-hybridized carbons (Fsp3) is 0. The number of para-hydroxylation sites is 7. The van der Waals surface area contributed by atoms with Crippen LogP contribution in [0.3, 0.4) is 0 Å². The molecule has 58 heavy (non-hydrogen) atoms. The molecule has 8 aromatic carbocycles. The van der Waals surface area contributed by atoms with E-state index < -0.39 is 0 Å². The second-order valence-corrected chi connectivity index (χ2v) is 15.0. The summed E-state index contributed by atoms with van der Waals surface area (Å²) < 4.78 is 9.25. The number of nitrogens with zero attached hydrogens (tertiary/aromatic N) is 6. The summed E-state index contributed by atoms with van der Waals surface area (Å²) in [6.07, 6.45) is 0. The summed E-state index contributed by atoms with van der Waals surface area (Å²) in [5.41, 5.74) is 9.96. The molecule has 6 heteroatoms. The molecule has 0 aliphatic carbocycles. The molecule has 0 aliphatic rings. The third kappa shape index (κ3) is 4.20. The highest BCUT2D eigenvalue weighted by atomic mass is 15.2. The van der Waals surface area contributed by atoms with Gasteiger partial charge < -0.3 is 4.57 Å². The van der Waals surface area contributed by atoms with Crippen molar-refractivity contribution in [3.63, 3.8) is 0 Å². The van der Waals surface area contributed by atoms with E-state index in [4.69, 9.17) is 9.97 Å².